The van der Waals surface area contributed by atoms with Gasteiger partial charge in [0.25, 0.3) is 5.91 Å². The SMILES string of the molecule is Nc1cc(Br)cc(C(=O)NC2(CO)CC2)c1. The molecule has 1 saturated carbocycles. The second-order valence-corrected chi connectivity index (χ2v) is 5.08. The maximum absolute atomic E-state index is 11.9. The van der Waals surface area contributed by atoms with E-state index >= 15 is 0 Å². The van der Waals surface area contributed by atoms with Gasteiger partial charge in [-0.25, -0.2) is 0 Å². The third-order valence-corrected chi connectivity index (χ3v) is 3.18. The summed E-state index contributed by atoms with van der Waals surface area (Å²) < 4.78 is 0.770. The second kappa shape index (κ2) is 4.07. The lowest BCUT2D eigenvalue weighted by atomic mass is 10.1. The van der Waals surface area contributed by atoms with Gasteiger partial charge < -0.3 is 16.2 Å². The third-order valence-electron chi connectivity index (χ3n) is 2.72. The summed E-state index contributed by atoms with van der Waals surface area (Å²) in [6, 6.07) is 5.06. The molecule has 0 radical (unpaired) electrons. The average molecular weight is 285 g/mol. The van der Waals surface area contributed by atoms with E-state index in [1.807, 2.05) is 0 Å². The minimum Gasteiger partial charge on any atom is -0.399 e. The van der Waals surface area contributed by atoms with E-state index in [-0.39, 0.29) is 12.5 Å². The smallest absolute Gasteiger partial charge is 0.251 e. The van der Waals surface area contributed by atoms with Crippen LogP contribution in [0.3, 0.4) is 0 Å². The zero-order chi connectivity index (χ0) is 11.8. The monoisotopic (exact) mass is 284 g/mol. The average Bonchev–Trinajstić information content (AvgIpc) is 2.97. The van der Waals surface area contributed by atoms with Crippen LogP contribution >= 0.6 is 15.9 Å². The number of hydrogen-bond acceptors (Lipinski definition) is 3. The number of amides is 1. The molecule has 0 bridgehead atoms. The summed E-state index contributed by atoms with van der Waals surface area (Å²) in [5.41, 5.74) is 6.30. The lowest BCUT2D eigenvalue weighted by Gasteiger charge is -2.14. The number of aliphatic hydroxyl groups excluding tert-OH is 1. The highest BCUT2D eigenvalue weighted by Crippen LogP contribution is 2.35. The largest absolute Gasteiger partial charge is 0.399 e. The molecule has 1 amide bonds. The van der Waals surface area contributed by atoms with Gasteiger partial charge >= 0.3 is 0 Å². The van der Waals surface area contributed by atoms with Crippen LogP contribution in [0.4, 0.5) is 5.69 Å². The van der Waals surface area contributed by atoms with Crippen LogP contribution in [-0.4, -0.2) is 23.2 Å². The van der Waals surface area contributed by atoms with E-state index in [0.717, 1.165) is 17.3 Å². The number of aliphatic hydroxyl groups is 1. The fraction of sp³-hybridized carbons (Fsp3) is 0.364. The second-order valence-electron chi connectivity index (χ2n) is 4.17. The lowest BCUT2D eigenvalue weighted by molar-refractivity contribution is 0.0907. The van der Waals surface area contributed by atoms with Crippen LogP contribution < -0.4 is 11.1 Å². The molecule has 0 atom stereocenters. The first-order valence-corrected chi connectivity index (χ1v) is 5.83. The molecule has 86 valence electrons. The predicted molar refractivity (Wildman–Crippen MR) is 65.1 cm³/mol. The molecule has 2 rings (SSSR count). The molecule has 5 heteroatoms. The van der Waals surface area contributed by atoms with Crippen LogP contribution in [0.5, 0.6) is 0 Å². The number of anilines is 1. The summed E-state index contributed by atoms with van der Waals surface area (Å²) in [5.74, 6) is -0.195. The highest BCUT2D eigenvalue weighted by Gasteiger charge is 2.43. The van der Waals surface area contributed by atoms with Crippen LogP contribution in [0.1, 0.15) is 23.2 Å². The molecule has 1 aliphatic rings. The summed E-state index contributed by atoms with van der Waals surface area (Å²) in [6.45, 7) is -0.0117. The van der Waals surface area contributed by atoms with Gasteiger partial charge in [-0.05, 0) is 31.0 Å². The predicted octanol–water partition coefficient (Wildman–Crippen LogP) is 1.29. The van der Waals surface area contributed by atoms with Gasteiger partial charge in [0.1, 0.15) is 0 Å². The van der Waals surface area contributed by atoms with Crippen molar-refractivity contribution in [2.24, 2.45) is 0 Å². The van der Waals surface area contributed by atoms with Crippen LogP contribution in [-0.2, 0) is 0 Å². The number of halogens is 1. The molecule has 16 heavy (non-hydrogen) atoms. The first-order valence-electron chi connectivity index (χ1n) is 5.04. The number of hydrogen-bond donors (Lipinski definition) is 3. The Morgan fingerprint density at radius 2 is 2.19 bits per heavy atom. The zero-order valence-electron chi connectivity index (χ0n) is 8.66. The summed E-state index contributed by atoms with van der Waals surface area (Å²) in [5, 5.41) is 11.9. The van der Waals surface area contributed by atoms with E-state index in [0.29, 0.717) is 11.3 Å². The van der Waals surface area contributed by atoms with E-state index in [9.17, 15) is 4.79 Å². The molecule has 1 aromatic carbocycles. The Morgan fingerprint density at radius 1 is 1.50 bits per heavy atom. The van der Waals surface area contributed by atoms with Gasteiger partial charge in [0.2, 0.25) is 0 Å². The van der Waals surface area contributed by atoms with Gasteiger partial charge in [0.15, 0.2) is 0 Å². The van der Waals surface area contributed by atoms with Crippen LogP contribution in [0.2, 0.25) is 0 Å². The molecule has 0 heterocycles. The first-order chi connectivity index (χ1) is 7.54. The fourth-order valence-electron chi connectivity index (χ4n) is 1.53. The van der Waals surface area contributed by atoms with Crippen molar-refractivity contribution in [1.29, 1.82) is 0 Å². The number of rotatable bonds is 3. The normalized spacial score (nSPS) is 16.9. The molecular formula is C11H13BrN2O2. The minimum atomic E-state index is -0.395. The molecule has 0 unspecified atom stereocenters. The van der Waals surface area contributed by atoms with Crippen molar-refractivity contribution in [3.8, 4) is 0 Å². The van der Waals surface area contributed by atoms with Gasteiger partial charge in [0.05, 0.1) is 12.1 Å². The summed E-state index contributed by atoms with van der Waals surface area (Å²) in [7, 11) is 0. The van der Waals surface area contributed by atoms with Gasteiger partial charge in [-0.15, -0.1) is 0 Å². The number of nitrogen functional groups attached to an aromatic ring is 1. The standard InChI is InChI=1S/C11H13BrN2O2/c12-8-3-7(4-9(13)5-8)10(16)14-11(6-15)1-2-11/h3-5,15H,1-2,6,13H2,(H,14,16). The summed E-state index contributed by atoms with van der Waals surface area (Å²) >= 11 is 3.28. The molecular weight excluding hydrogens is 272 g/mol. The number of nitrogens with two attached hydrogens (primary N) is 1. The van der Waals surface area contributed by atoms with Crippen molar-refractivity contribution in [1.82, 2.24) is 5.32 Å². The maximum Gasteiger partial charge on any atom is 0.251 e. The van der Waals surface area contributed by atoms with E-state index in [1.165, 1.54) is 0 Å². The number of benzene rings is 1. The number of carbonyl (C=O) groups excluding carboxylic acids is 1. The number of carbonyl (C=O) groups is 1. The topological polar surface area (TPSA) is 75.4 Å². The Kier molecular flexibility index (Phi) is 2.90. The van der Waals surface area contributed by atoms with Gasteiger partial charge in [-0.2, -0.15) is 0 Å². The maximum atomic E-state index is 11.9. The molecule has 1 aromatic rings. The summed E-state index contributed by atoms with van der Waals surface area (Å²) in [6.07, 6.45) is 1.66. The van der Waals surface area contributed by atoms with Crippen molar-refractivity contribution in [2.75, 3.05) is 12.3 Å². The van der Waals surface area contributed by atoms with E-state index < -0.39 is 5.54 Å². The number of nitrogens with one attached hydrogen (secondary N) is 1. The van der Waals surface area contributed by atoms with Gasteiger partial charge in [0, 0.05) is 15.7 Å². The Morgan fingerprint density at radius 3 is 2.69 bits per heavy atom. The molecule has 4 nitrogen and oxygen atoms in total. The van der Waals surface area contributed by atoms with Crippen LogP contribution in [0, 0.1) is 0 Å². The minimum absolute atomic E-state index is 0.0117. The molecule has 0 spiro atoms. The van der Waals surface area contributed by atoms with E-state index in [1.54, 1.807) is 18.2 Å². The quantitative estimate of drug-likeness (QED) is 0.732. The molecule has 1 fully saturated rings. The molecule has 0 aromatic heterocycles. The molecule has 0 saturated heterocycles. The Balaban J connectivity index is 2.14. The van der Waals surface area contributed by atoms with Crippen molar-refractivity contribution in [3.63, 3.8) is 0 Å². The van der Waals surface area contributed by atoms with E-state index in [4.69, 9.17) is 10.8 Å². The molecule has 0 aliphatic heterocycles. The van der Waals surface area contributed by atoms with Crippen molar-refractivity contribution in [3.05, 3.63) is 28.2 Å². The zero-order valence-corrected chi connectivity index (χ0v) is 10.3. The van der Waals surface area contributed by atoms with Crippen molar-refractivity contribution in [2.45, 2.75) is 18.4 Å². The van der Waals surface area contributed by atoms with E-state index in [2.05, 4.69) is 21.2 Å². The highest BCUT2D eigenvalue weighted by molar-refractivity contribution is 9.10. The van der Waals surface area contributed by atoms with Gasteiger partial charge in [-0.1, -0.05) is 15.9 Å². The third kappa shape index (κ3) is 2.36. The van der Waals surface area contributed by atoms with Gasteiger partial charge in [-0.3, -0.25) is 4.79 Å². The van der Waals surface area contributed by atoms with Crippen molar-refractivity contribution >= 4 is 27.5 Å². The summed E-state index contributed by atoms with van der Waals surface area (Å²) in [4.78, 5) is 11.9. The lowest BCUT2D eigenvalue weighted by Crippen LogP contribution is -2.39. The molecule has 1 aliphatic carbocycles. The van der Waals surface area contributed by atoms with Crippen LogP contribution in [0.25, 0.3) is 0 Å². The highest BCUT2D eigenvalue weighted by atomic mass is 79.9. The van der Waals surface area contributed by atoms with Crippen LogP contribution in [0.15, 0.2) is 22.7 Å². The van der Waals surface area contributed by atoms with Crippen molar-refractivity contribution < 1.29 is 9.90 Å². The Labute approximate surface area is 102 Å². The first kappa shape index (κ1) is 11.4. The molecule has 4 N–H and O–H groups in total. The Hall–Kier alpha value is -1.07. The fourth-order valence-corrected chi connectivity index (χ4v) is 2.04. The Bertz CT molecular complexity index is 410.